The third-order valence-corrected chi connectivity index (χ3v) is 9.22. The lowest BCUT2D eigenvalue weighted by Crippen LogP contribution is -2.36. The number of hydrogen-bond donors (Lipinski definition) is 3. The smallest absolute Gasteiger partial charge is 0.253 e. The van der Waals surface area contributed by atoms with Gasteiger partial charge in [-0.1, -0.05) is 32.0 Å². The van der Waals surface area contributed by atoms with E-state index < -0.39 is 27.2 Å². The summed E-state index contributed by atoms with van der Waals surface area (Å²) in [6.45, 7) is 3.83. The molecule has 0 atom stereocenters. The van der Waals surface area contributed by atoms with Gasteiger partial charge in [0.05, 0.1) is 28.6 Å². The molecule has 7 nitrogen and oxygen atoms in total. The maximum Gasteiger partial charge on any atom is 0.253 e. The van der Waals surface area contributed by atoms with Crippen LogP contribution in [0.5, 0.6) is 0 Å². The second-order valence-electron chi connectivity index (χ2n) is 10.6. The summed E-state index contributed by atoms with van der Waals surface area (Å²) in [6, 6.07) is 10.2. The topological polar surface area (TPSA) is 114 Å². The molecular formula is C26H30FN3O4S. The van der Waals surface area contributed by atoms with Crippen LogP contribution in [-0.2, 0) is 16.4 Å². The summed E-state index contributed by atoms with van der Waals surface area (Å²) in [4.78, 5) is 12.2. The number of rotatable bonds is 4. The lowest BCUT2D eigenvalue weighted by atomic mass is 9.87. The minimum atomic E-state index is -3.62. The van der Waals surface area contributed by atoms with E-state index in [1.54, 1.807) is 18.2 Å². The van der Waals surface area contributed by atoms with E-state index in [0.717, 1.165) is 0 Å². The van der Waals surface area contributed by atoms with E-state index >= 15 is 4.39 Å². The molecule has 1 aliphatic carbocycles. The first kappa shape index (κ1) is 23.8. The fourth-order valence-corrected chi connectivity index (χ4v) is 7.85. The highest BCUT2D eigenvalue weighted by atomic mass is 32.2. The van der Waals surface area contributed by atoms with Crippen LogP contribution in [0.2, 0.25) is 0 Å². The Bertz CT molecular complexity index is 1440. The Morgan fingerprint density at radius 3 is 2.54 bits per heavy atom. The Labute approximate surface area is 204 Å². The van der Waals surface area contributed by atoms with Crippen LogP contribution in [-0.4, -0.2) is 41.3 Å². The number of aliphatic hydroxyl groups is 1. The molecule has 2 aromatic carbocycles. The predicted molar refractivity (Wildman–Crippen MR) is 134 cm³/mol. The summed E-state index contributed by atoms with van der Waals surface area (Å²) in [5, 5.41) is 13.8. The fraction of sp³-hybridized carbons (Fsp3) is 0.423. The van der Waals surface area contributed by atoms with Gasteiger partial charge in [0.25, 0.3) is 5.91 Å². The zero-order chi connectivity index (χ0) is 25.1. The summed E-state index contributed by atoms with van der Waals surface area (Å²) < 4.78 is 43.4. The van der Waals surface area contributed by atoms with Crippen LogP contribution in [0.1, 0.15) is 55.6 Å². The third kappa shape index (κ3) is 4.21. The number of primary amides is 1. The van der Waals surface area contributed by atoms with Gasteiger partial charge >= 0.3 is 0 Å². The first-order valence-electron chi connectivity index (χ1n) is 11.9. The first-order valence-corrected chi connectivity index (χ1v) is 13.5. The predicted octanol–water partition coefficient (Wildman–Crippen LogP) is 4.02. The zero-order valence-electron chi connectivity index (χ0n) is 19.8. The van der Waals surface area contributed by atoms with Gasteiger partial charge in [-0.2, -0.15) is 0 Å². The molecule has 1 amide bonds. The van der Waals surface area contributed by atoms with Crippen molar-refractivity contribution >= 4 is 32.5 Å². The lowest BCUT2D eigenvalue weighted by molar-refractivity contribution is 0.0996. The normalized spacial score (nSPS) is 23.1. The van der Waals surface area contributed by atoms with Crippen LogP contribution in [0, 0.1) is 11.2 Å². The molecule has 0 bridgehead atoms. The molecule has 0 radical (unpaired) electrons. The van der Waals surface area contributed by atoms with Gasteiger partial charge in [-0.05, 0) is 61.3 Å². The summed E-state index contributed by atoms with van der Waals surface area (Å²) in [5.41, 5.74) is 7.43. The van der Waals surface area contributed by atoms with Crippen molar-refractivity contribution in [2.24, 2.45) is 11.1 Å². The minimum Gasteiger partial charge on any atom is -0.393 e. The Kier molecular flexibility index (Phi) is 5.68. The van der Waals surface area contributed by atoms with E-state index in [-0.39, 0.29) is 29.1 Å². The van der Waals surface area contributed by atoms with Gasteiger partial charge < -0.3 is 16.2 Å². The highest BCUT2D eigenvalue weighted by molar-refractivity contribution is 7.90. The van der Waals surface area contributed by atoms with Crippen LogP contribution >= 0.6 is 0 Å². The van der Waals surface area contributed by atoms with E-state index in [1.165, 1.54) is 10.0 Å². The highest BCUT2D eigenvalue weighted by Gasteiger charge is 2.39. The Morgan fingerprint density at radius 2 is 1.86 bits per heavy atom. The number of amides is 1. The van der Waals surface area contributed by atoms with E-state index in [1.807, 2.05) is 26.0 Å². The van der Waals surface area contributed by atoms with Crippen LogP contribution in [0.25, 0.3) is 22.0 Å². The number of carbonyl (C=O) groups excluding carboxylic acids is 1. The molecule has 1 fully saturated rings. The van der Waals surface area contributed by atoms with E-state index in [0.29, 0.717) is 59.8 Å². The number of benzene rings is 2. The van der Waals surface area contributed by atoms with Crippen molar-refractivity contribution in [3.8, 4) is 11.1 Å². The van der Waals surface area contributed by atoms with E-state index in [4.69, 9.17) is 5.73 Å². The number of aromatic nitrogens is 1. The number of halogens is 1. The molecule has 1 aliphatic heterocycles. The molecule has 2 heterocycles. The number of para-hydroxylation sites is 1. The number of aliphatic hydroxyl groups excluding tert-OH is 1. The molecule has 186 valence electrons. The Morgan fingerprint density at radius 1 is 1.17 bits per heavy atom. The molecule has 1 aromatic heterocycles. The summed E-state index contributed by atoms with van der Waals surface area (Å²) in [5.74, 6) is -1.62. The lowest BCUT2D eigenvalue weighted by Gasteiger charge is -2.31. The number of nitrogens with zero attached hydrogens (tertiary/aromatic N) is 1. The van der Waals surface area contributed by atoms with Gasteiger partial charge in [0.15, 0.2) is 0 Å². The molecule has 1 saturated carbocycles. The van der Waals surface area contributed by atoms with Crippen LogP contribution < -0.4 is 11.1 Å². The second kappa shape index (κ2) is 8.34. The number of nitrogens with one attached hydrogen (secondary N) is 1. The summed E-state index contributed by atoms with van der Waals surface area (Å²) in [6.07, 6.45) is 2.76. The number of carbonyl (C=O) groups is 1. The average molecular weight is 500 g/mol. The monoisotopic (exact) mass is 499 g/mol. The van der Waals surface area contributed by atoms with Crippen LogP contribution in [0.4, 0.5) is 10.1 Å². The standard InChI is InChI=1S/C26H30FN3O4S/c1-26(2)13-22-23(18-5-3-4-6-21(18)30(22)35(33,34)14-26)15-11-19(27)24(25(28)32)20(12-15)29-16-7-9-17(31)10-8-16/h3-6,11-12,16-17,29,31H,7-10,13-14H2,1-2H3,(H2,28,32). The fourth-order valence-electron chi connectivity index (χ4n) is 5.68. The quantitative estimate of drug-likeness (QED) is 0.502. The molecule has 2 aliphatic rings. The largest absolute Gasteiger partial charge is 0.393 e. The van der Waals surface area contributed by atoms with Crippen molar-refractivity contribution in [2.75, 3.05) is 11.1 Å². The van der Waals surface area contributed by atoms with Crippen LogP contribution in [0.3, 0.4) is 0 Å². The Balaban J connectivity index is 1.72. The number of hydrogen-bond acceptors (Lipinski definition) is 5. The van der Waals surface area contributed by atoms with E-state index in [2.05, 4.69) is 5.32 Å². The van der Waals surface area contributed by atoms with Crippen molar-refractivity contribution in [2.45, 2.75) is 58.1 Å². The zero-order valence-corrected chi connectivity index (χ0v) is 20.7. The van der Waals surface area contributed by atoms with Gasteiger partial charge in [0.1, 0.15) is 5.82 Å². The highest BCUT2D eigenvalue weighted by Crippen LogP contribution is 2.44. The number of fused-ring (bicyclic) bond motifs is 3. The van der Waals surface area contributed by atoms with Crippen molar-refractivity contribution in [1.29, 1.82) is 0 Å². The molecule has 0 saturated heterocycles. The van der Waals surface area contributed by atoms with Gasteiger partial charge in [-0.3, -0.25) is 4.79 Å². The molecule has 9 heteroatoms. The van der Waals surface area contributed by atoms with Crippen molar-refractivity contribution in [3.63, 3.8) is 0 Å². The Hall–Kier alpha value is -2.91. The molecule has 3 aromatic rings. The van der Waals surface area contributed by atoms with Gasteiger partial charge in [0.2, 0.25) is 10.0 Å². The maximum atomic E-state index is 15.4. The molecular weight excluding hydrogens is 469 g/mol. The first-order chi connectivity index (χ1) is 16.5. The second-order valence-corrected chi connectivity index (χ2v) is 12.4. The average Bonchev–Trinajstić information content (AvgIpc) is 3.07. The van der Waals surface area contributed by atoms with Gasteiger partial charge in [-0.25, -0.2) is 16.8 Å². The molecule has 5 rings (SSSR count). The summed E-state index contributed by atoms with van der Waals surface area (Å²) in [7, 11) is -3.62. The van der Waals surface area contributed by atoms with Crippen LogP contribution in [0.15, 0.2) is 36.4 Å². The molecule has 35 heavy (non-hydrogen) atoms. The summed E-state index contributed by atoms with van der Waals surface area (Å²) >= 11 is 0. The third-order valence-electron chi connectivity index (χ3n) is 7.10. The minimum absolute atomic E-state index is 0.0143. The van der Waals surface area contributed by atoms with Crippen molar-refractivity contribution in [1.82, 2.24) is 3.97 Å². The van der Waals surface area contributed by atoms with Gasteiger partial charge in [0, 0.05) is 22.7 Å². The van der Waals surface area contributed by atoms with Crippen molar-refractivity contribution < 1.29 is 22.7 Å². The molecule has 0 spiro atoms. The molecule has 0 unspecified atom stereocenters. The number of nitrogens with two attached hydrogens (primary N) is 1. The number of anilines is 1. The maximum absolute atomic E-state index is 15.4. The van der Waals surface area contributed by atoms with E-state index in [9.17, 15) is 18.3 Å². The SMILES string of the molecule is CC1(C)Cc2c(-c3cc(F)c(C(N)=O)c(NC4CCC(O)CC4)c3)c3ccccc3n2S(=O)(=O)C1. The molecule has 4 N–H and O–H groups in total. The van der Waals surface area contributed by atoms with Gasteiger partial charge in [-0.15, -0.1) is 0 Å². The van der Waals surface area contributed by atoms with Crippen molar-refractivity contribution in [3.05, 3.63) is 53.5 Å².